The van der Waals surface area contributed by atoms with Crippen LogP contribution < -0.4 is 10.1 Å². The lowest BCUT2D eigenvalue weighted by Gasteiger charge is -2.36. The zero-order valence-electron chi connectivity index (χ0n) is 14.6. The van der Waals surface area contributed by atoms with Gasteiger partial charge in [0.25, 0.3) is 5.69 Å². The van der Waals surface area contributed by atoms with E-state index in [0.717, 1.165) is 13.1 Å². The molecule has 28 heavy (non-hydrogen) atoms. The van der Waals surface area contributed by atoms with Crippen LogP contribution in [0.1, 0.15) is 17.2 Å². The van der Waals surface area contributed by atoms with E-state index in [0.29, 0.717) is 29.2 Å². The molecule has 0 aromatic heterocycles. The molecule has 1 fully saturated rings. The van der Waals surface area contributed by atoms with E-state index in [1.54, 1.807) is 0 Å². The Morgan fingerprint density at radius 3 is 2.36 bits per heavy atom. The summed E-state index contributed by atoms with van der Waals surface area (Å²) in [7, 11) is 0. The number of rotatable bonds is 5. The molecule has 0 spiro atoms. The van der Waals surface area contributed by atoms with Gasteiger partial charge in [0.15, 0.2) is 0 Å². The summed E-state index contributed by atoms with van der Waals surface area (Å²) in [4.78, 5) is 12.8. The van der Waals surface area contributed by atoms with E-state index in [1.807, 2.05) is 0 Å². The summed E-state index contributed by atoms with van der Waals surface area (Å²) in [5.74, 6) is -0.333. The summed E-state index contributed by atoms with van der Waals surface area (Å²) in [6.45, 7) is 2.76. The number of non-ortho nitro benzene ring substituents is 1. The summed E-state index contributed by atoms with van der Waals surface area (Å²) in [5.41, 5.74) is 1.10. The lowest BCUT2D eigenvalue weighted by Crippen LogP contribution is -2.45. The monoisotopic (exact) mass is 415 g/mol. The van der Waals surface area contributed by atoms with Crippen LogP contribution in [0, 0.1) is 10.1 Å². The van der Waals surface area contributed by atoms with E-state index in [4.69, 9.17) is 11.6 Å². The van der Waals surface area contributed by atoms with Crippen molar-refractivity contribution in [1.82, 2.24) is 10.2 Å². The second-order valence-corrected chi connectivity index (χ2v) is 6.68. The van der Waals surface area contributed by atoms with Gasteiger partial charge in [0.2, 0.25) is 0 Å². The smallest absolute Gasteiger partial charge is 0.406 e. The molecule has 0 amide bonds. The molecule has 1 N–H and O–H groups in total. The van der Waals surface area contributed by atoms with Gasteiger partial charge in [-0.2, -0.15) is 0 Å². The summed E-state index contributed by atoms with van der Waals surface area (Å²) in [6.07, 6.45) is -4.77. The Kier molecular flexibility index (Phi) is 6.07. The second kappa shape index (κ2) is 8.34. The predicted molar refractivity (Wildman–Crippen MR) is 97.5 cm³/mol. The number of nitro groups is 1. The van der Waals surface area contributed by atoms with Crippen LogP contribution in [0.15, 0.2) is 42.5 Å². The number of nitro benzene ring substituents is 1. The fraction of sp³-hybridized carbons (Fsp3) is 0.333. The van der Waals surface area contributed by atoms with E-state index < -0.39 is 17.3 Å². The molecule has 3 rings (SSSR count). The van der Waals surface area contributed by atoms with E-state index in [1.165, 1.54) is 42.5 Å². The van der Waals surface area contributed by atoms with Crippen LogP contribution in [0.25, 0.3) is 0 Å². The van der Waals surface area contributed by atoms with Crippen LogP contribution in [0.2, 0.25) is 5.02 Å². The number of piperazine rings is 1. The molecule has 0 radical (unpaired) electrons. The van der Waals surface area contributed by atoms with Crippen molar-refractivity contribution in [3.05, 3.63) is 68.7 Å². The molecule has 0 unspecified atom stereocenters. The highest BCUT2D eigenvalue weighted by Crippen LogP contribution is 2.36. The minimum Gasteiger partial charge on any atom is -0.406 e. The van der Waals surface area contributed by atoms with Gasteiger partial charge in [-0.3, -0.25) is 15.0 Å². The van der Waals surface area contributed by atoms with Crippen LogP contribution >= 0.6 is 11.6 Å². The molecule has 0 aliphatic carbocycles. The van der Waals surface area contributed by atoms with E-state index in [9.17, 15) is 23.3 Å². The van der Waals surface area contributed by atoms with Gasteiger partial charge >= 0.3 is 6.36 Å². The van der Waals surface area contributed by atoms with Gasteiger partial charge in [-0.05, 0) is 29.3 Å². The standard InChI is InChI=1S/C18H17ClF3N3O3/c19-16-6-3-13(25(26)27)11-15(16)17(24-9-7-23-8-10-24)12-1-4-14(5-2-12)28-18(20,21)22/h1-6,11,17,23H,7-10H2/t17-/m0/s1. The number of nitrogens with one attached hydrogen (secondary N) is 1. The first-order chi connectivity index (χ1) is 13.2. The van der Waals surface area contributed by atoms with Gasteiger partial charge in [0.1, 0.15) is 5.75 Å². The van der Waals surface area contributed by atoms with Gasteiger partial charge in [-0.25, -0.2) is 0 Å². The van der Waals surface area contributed by atoms with Crippen LogP contribution in [-0.2, 0) is 0 Å². The van der Waals surface area contributed by atoms with Crippen molar-refractivity contribution in [3.8, 4) is 5.75 Å². The lowest BCUT2D eigenvalue weighted by atomic mass is 9.95. The third-order valence-electron chi connectivity index (χ3n) is 4.43. The Labute approximate surface area is 164 Å². The van der Waals surface area contributed by atoms with E-state index >= 15 is 0 Å². The molecule has 0 bridgehead atoms. The third kappa shape index (κ3) is 4.92. The Bertz CT molecular complexity index is 840. The van der Waals surface area contributed by atoms with Crippen molar-refractivity contribution >= 4 is 17.3 Å². The lowest BCUT2D eigenvalue weighted by molar-refractivity contribution is -0.384. The molecule has 1 aliphatic rings. The largest absolute Gasteiger partial charge is 0.573 e. The SMILES string of the molecule is O=[N+]([O-])c1ccc(Cl)c([C@H](c2ccc(OC(F)(F)F)cc2)N2CCNCC2)c1. The molecule has 1 saturated heterocycles. The Morgan fingerprint density at radius 1 is 1.14 bits per heavy atom. The van der Waals surface area contributed by atoms with Gasteiger partial charge in [-0.1, -0.05) is 23.7 Å². The topological polar surface area (TPSA) is 67.6 Å². The van der Waals surface area contributed by atoms with Gasteiger partial charge in [-0.15, -0.1) is 13.2 Å². The number of ether oxygens (including phenoxy) is 1. The minimum atomic E-state index is -4.77. The van der Waals surface area contributed by atoms with Gasteiger partial charge in [0.05, 0.1) is 11.0 Å². The summed E-state index contributed by atoms with van der Waals surface area (Å²) in [5, 5.41) is 14.8. The zero-order valence-corrected chi connectivity index (χ0v) is 15.3. The molecular weight excluding hydrogens is 399 g/mol. The van der Waals surface area contributed by atoms with E-state index in [2.05, 4.69) is 15.0 Å². The Balaban J connectivity index is 2.01. The van der Waals surface area contributed by atoms with Crippen LogP contribution in [-0.4, -0.2) is 42.4 Å². The number of benzene rings is 2. The number of hydrogen-bond donors (Lipinski definition) is 1. The highest BCUT2D eigenvalue weighted by atomic mass is 35.5. The maximum absolute atomic E-state index is 12.4. The quantitative estimate of drug-likeness (QED) is 0.587. The van der Waals surface area contributed by atoms with Crippen LogP contribution in [0.3, 0.4) is 0 Å². The van der Waals surface area contributed by atoms with Gasteiger partial charge in [0, 0.05) is 43.3 Å². The molecular formula is C18H17ClF3N3O3. The highest BCUT2D eigenvalue weighted by Gasteiger charge is 2.32. The normalized spacial score (nSPS) is 16.6. The molecule has 10 heteroatoms. The molecule has 2 aromatic carbocycles. The fourth-order valence-corrected chi connectivity index (χ4v) is 3.45. The van der Waals surface area contributed by atoms with Crippen molar-refractivity contribution in [2.45, 2.75) is 12.4 Å². The first-order valence-corrected chi connectivity index (χ1v) is 8.87. The van der Waals surface area contributed by atoms with Crippen LogP contribution in [0.4, 0.5) is 18.9 Å². The molecule has 6 nitrogen and oxygen atoms in total. The van der Waals surface area contributed by atoms with Crippen molar-refractivity contribution in [1.29, 1.82) is 0 Å². The summed E-state index contributed by atoms with van der Waals surface area (Å²) >= 11 is 6.34. The number of alkyl halides is 3. The first-order valence-electron chi connectivity index (χ1n) is 8.49. The summed E-state index contributed by atoms with van der Waals surface area (Å²) < 4.78 is 41.2. The molecule has 1 heterocycles. The summed E-state index contributed by atoms with van der Waals surface area (Å²) in [6, 6.07) is 9.24. The molecule has 0 saturated carbocycles. The molecule has 1 atom stereocenters. The molecule has 1 aliphatic heterocycles. The second-order valence-electron chi connectivity index (χ2n) is 6.27. The van der Waals surface area contributed by atoms with Crippen LogP contribution in [0.5, 0.6) is 5.75 Å². The number of halogens is 4. The maximum atomic E-state index is 12.4. The Morgan fingerprint density at radius 2 is 1.79 bits per heavy atom. The van der Waals surface area contributed by atoms with E-state index in [-0.39, 0.29) is 11.4 Å². The predicted octanol–water partition coefficient (Wildman–Crippen LogP) is 4.14. The molecule has 2 aromatic rings. The number of hydrogen-bond acceptors (Lipinski definition) is 5. The van der Waals surface area contributed by atoms with Crippen molar-refractivity contribution in [2.75, 3.05) is 26.2 Å². The zero-order chi connectivity index (χ0) is 20.3. The third-order valence-corrected chi connectivity index (χ3v) is 4.78. The Hall–Kier alpha value is -2.36. The highest BCUT2D eigenvalue weighted by molar-refractivity contribution is 6.31. The van der Waals surface area contributed by atoms with Crippen molar-refractivity contribution in [2.24, 2.45) is 0 Å². The van der Waals surface area contributed by atoms with Crippen molar-refractivity contribution < 1.29 is 22.8 Å². The average molecular weight is 416 g/mol. The van der Waals surface area contributed by atoms with Crippen molar-refractivity contribution in [3.63, 3.8) is 0 Å². The first kappa shape index (κ1) is 20.4. The average Bonchev–Trinajstić information content (AvgIpc) is 2.64. The fourth-order valence-electron chi connectivity index (χ4n) is 3.23. The molecule has 150 valence electrons. The number of nitrogens with zero attached hydrogens (tertiary/aromatic N) is 2. The minimum absolute atomic E-state index is 0.100. The van der Waals surface area contributed by atoms with Gasteiger partial charge < -0.3 is 10.1 Å². The maximum Gasteiger partial charge on any atom is 0.573 e.